The van der Waals surface area contributed by atoms with Crippen molar-refractivity contribution < 1.29 is 19.1 Å². The summed E-state index contributed by atoms with van der Waals surface area (Å²) < 4.78 is 10.6. The van der Waals surface area contributed by atoms with E-state index in [1.165, 1.54) is 4.90 Å². The summed E-state index contributed by atoms with van der Waals surface area (Å²) in [5, 5.41) is 12.5. The second-order valence-corrected chi connectivity index (χ2v) is 10.1. The number of amides is 2. The molecule has 1 aliphatic carbocycles. The lowest BCUT2D eigenvalue weighted by Gasteiger charge is -2.28. The maximum atomic E-state index is 13.5. The molecule has 186 valence electrons. The van der Waals surface area contributed by atoms with Crippen LogP contribution in [0.4, 0.5) is 4.79 Å². The van der Waals surface area contributed by atoms with Gasteiger partial charge >= 0.3 is 6.09 Å². The van der Waals surface area contributed by atoms with E-state index in [0.717, 1.165) is 25.7 Å². The van der Waals surface area contributed by atoms with Crippen molar-refractivity contribution in [1.29, 1.82) is 5.26 Å². The molecule has 0 radical (unpaired) electrons. The summed E-state index contributed by atoms with van der Waals surface area (Å²) in [5.41, 5.74) is 0.422. The average molecular weight is 471 g/mol. The van der Waals surface area contributed by atoms with Gasteiger partial charge in [-0.1, -0.05) is 63.9 Å². The Morgan fingerprint density at radius 2 is 1.82 bits per heavy atom. The highest BCUT2D eigenvalue weighted by Gasteiger charge is 2.34. The minimum absolute atomic E-state index is 0.0419. The Morgan fingerprint density at radius 1 is 1.18 bits per heavy atom. The fourth-order valence-corrected chi connectivity index (χ4v) is 3.88. The van der Waals surface area contributed by atoms with Crippen LogP contribution in [0.25, 0.3) is 0 Å². The van der Waals surface area contributed by atoms with E-state index in [4.69, 9.17) is 14.5 Å². The van der Waals surface area contributed by atoms with Crippen LogP contribution in [0.1, 0.15) is 72.3 Å². The molecule has 0 saturated heterocycles. The maximum absolute atomic E-state index is 13.5. The van der Waals surface area contributed by atoms with Crippen LogP contribution in [-0.4, -0.2) is 54.1 Å². The molecule has 1 aromatic rings. The number of carbonyl (C=O) groups excluding carboxylic acids is 2. The van der Waals surface area contributed by atoms with Gasteiger partial charge in [-0.25, -0.2) is 9.69 Å². The minimum Gasteiger partial charge on any atom is -0.447 e. The van der Waals surface area contributed by atoms with E-state index in [2.05, 4.69) is 11.5 Å². The van der Waals surface area contributed by atoms with Crippen molar-refractivity contribution >= 4 is 17.8 Å². The van der Waals surface area contributed by atoms with Gasteiger partial charge < -0.3 is 9.47 Å². The van der Waals surface area contributed by atoms with Gasteiger partial charge in [0.25, 0.3) is 5.91 Å². The fourth-order valence-electron chi connectivity index (χ4n) is 3.88. The average Bonchev–Trinajstić information content (AvgIpc) is 3.30. The number of ether oxygens (including phenoxy) is 2. The molecule has 1 fully saturated rings. The summed E-state index contributed by atoms with van der Waals surface area (Å²) in [4.78, 5) is 32.0. The molecule has 0 heterocycles. The van der Waals surface area contributed by atoms with Crippen molar-refractivity contribution in [1.82, 2.24) is 10.2 Å². The van der Waals surface area contributed by atoms with Crippen molar-refractivity contribution in [3.63, 3.8) is 0 Å². The Hall–Kier alpha value is -2.92. The third-order valence-corrected chi connectivity index (χ3v) is 5.45. The summed E-state index contributed by atoms with van der Waals surface area (Å²) in [7, 11) is 0. The zero-order chi connectivity index (χ0) is 25.1. The Morgan fingerprint density at radius 3 is 2.38 bits per heavy atom. The molecule has 0 aliphatic heterocycles. The molecule has 8 nitrogen and oxygen atoms in total. The molecular weight excluding hydrogens is 432 g/mol. The number of alkyl carbamates (subject to hydrolysis) is 1. The number of nitrogens with zero attached hydrogens (tertiary/aromatic N) is 3. The van der Waals surface area contributed by atoms with Crippen molar-refractivity contribution in [3.05, 3.63) is 35.9 Å². The Kier molecular flexibility index (Phi) is 10.5. The summed E-state index contributed by atoms with van der Waals surface area (Å²) in [6.45, 7) is 10.3. The van der Waals surface area contributed by atoms with Crippen LogP contribution in [0, 0.1) is 16.9 Å². The Labute approximate surface area is 203 Å². The van der Waals surface area contributed by atoms with Crippen LogP contribution in [0.2, 0.25) is 0 Å². The molecule has 1 atom stereocenters. The minimum atomic E-state index is -0.819. The maximum Gasteiger partial charge on any atom is 0.412 e. The van der Waals surface area contributed by atoms with Gasteiger partial charge in [0, 0.05) is 11.6 Å². The second kappa shape index (κ2) is 13.1. The molecule has 1 N–H and O–H groups in total. The van der Waals surface area contributed by atoms with E-state index >= 15 is 0 Å². The van der Waals surface area contributed by atoms with Crippen molar-refractivity contribution in [2.75, 3.05) is 13.2 Å². The van der Waals surface area contributed by atoms with Crippen LogP contribution in [-0.2, 0) is 14.3 Å². The van der Waals surface area contributed by atoms with Crippen LogP contribution in [0.5, 0.6) is 0 Å². The van der Waals surface area contributed by atoms with Crippen LogP contribution in [0.15, 0.2) is 35.3 Å². The third-order valence-electron chi connectivity index (χ3n) is 5.45. The molecule has 0 bridgehead atoms. The van der Waals surface area contributed by atoms with Crippen LogP contribution >= 0.6 is 0 Å². The molecule has 34 heavy (non-hydrogen) atoms. The van der Waals surface area contributed by atoms with Crippen LogP contribution < -0.4 is 5.32 Å². The highest BCUT2D eigenvalue weighted by atomic mass is 16.6. The number of nitriles is 1. The van der Waals surface area contributed by atoms with Crippen molar-refractivity contribution in [3.8, 4) is 6.19 Å². The molecule has 1 saturated carbocycles. The number of nitrogens with one attached hydrogen (secondary N) is 1. The topological polar surface area (TPSA) is 104 Å². The van der Waals surface area contributed by atoms with Gasteiger partial charge in [-0.05, 0) is 38.5 Å². The van der Waals surface area contributed by atoms with Crippen molar-refractivity contribution in [2.45, 2.75) is 84.9 Å². The Bertz CT molecular complexity index is 865. The van der Waals surface area contributed by atoms with Gasteiger partial charge in [-0.3, -0.25) is 15.1 Å². The lowest BCUT2D eigenvalue weighted by molar-refractivity contribution is -0.131. The number of amidine groups is 1. The number of hydrogen-bond donors (Lipinski definition) is 1. The van der Waals surface area contributed by atoms with E-state index in [9.17, 15) is 14.9 Å². The molecule has 0 spiro atoms. The summed E-state index contributed by atoms with van der Waals surface area (Å²) >= 11 is 0. The quantitative estimate of drug-likeness (QED) is 0.186. The normalized spacial score (nSPS) is 15.6. The first-order valence-electron chi connectivity index (χ1n) is 12.0. The first-order chi connectivity index (χ1) is 16.1. The predicted molar refractivity (Wildman–Crippen MR) is 131 cm³/mol. The molecule has 0 aromatic heterocycles. The largest absolute Gasteiger partial charge is 0.447 e. The summed E-state index contributed by atoms with van der Waals surface area (Å²) in [6.07, 6.45) is 5.54. The molecular formula is C26H38N4O4. The van der Waals surface area contributed by atoms with E-state index in [1.54, 1.807) is 12.1 Å². The molecule has 1 aliphatic rings. The fraction of sp³-hybridized carbons (Fsp3) is 0.615. The lowest BCUT2D eigenvalue weighted by atomic mass is 9.87. The molecule has 1 unspecified atom stereocenters. The van der Waals surface area contributed by atoms with Gasteiger partial charge in [-0.2, -0.15) is 5.26 Å². The van der Waals surface area contributed by atoms with E-state index in [0.29, 0.717) is 12.0 Å². The van der Waals surface area contributed by atoms with E-state index in [-0.39, 0.29) is 42.5 Å². The van der Waals surface area contributed by atoms with Gasteiger partial charge in [-0.15, -0.1) is 0 Å². The molecule has 8 heteroatoms. The Balaban J connectivity index is 2.30. The standard InChI is InChI=1S/C26H38N4O4/c1-19(2)33-15-16-34-25(32)29-23(20-11-7-6-8-12-20)28-22(17-26(3,4)5)24(31)30(18-27)21-13-9-10-14-21/h6-8,11-12,19,21-22H,9-10,13-17H2,1-5H3,(H,28,29,32). The lowest BCUT2D eigenvalue weighted by Crippen LogP contribution is -2.43. The highest BCUT2D eigenvalue weighted by molar-refractivity contribution is 6.07. The van der Waals surface area contributed by atoms with Crippen molar-refractivity contribution in [2.24, 2.45) is 10.4 Å². The molecule has 1 aromatic carbocycles. The number of benzene rings is 1. The zero-order valence-corrected chi connectivity index (χ0v) is 21.0. The predicted octanol–water partition coefficient (Wildman–Crippen LogP) is 4.64. The monoisotopic (exact) mass is 470 g/mol. The van der Waals surface area contributed by atoms with Crippen LogP contribution in [0.3, 0.4) is 0 Å². The number of rotatable bonds is 9. The second-order valence-electron chi connectivity index (χ2n) is 10.1. The first kappa shape index (κ1) is 27.3. The molecule has 2 amide bonds. The zero-order valence-electron chi connectivity index (χ0n) is 21.0. The number of carbonyl (C=O) groups is 2. The summed E-state index contributed by atoms with van der Waals surface area (Å²) in [6, 6.07) is 8.22. The SMILES string of the molecule is CC(C)OCCOC(=O)NC(=NC(CC(C)(C)C)C(=O)N(C#N)C1CCCC1)c1ccccc1. The first-order valence-corrected chi connectivity index (χ1v) is 12.0. The number of hydrogen-bond acceptors (Lipinski definition) is 6. The molecule has 2 rings (SSSR count). The van der Waals surface area contributed by atoms with Gasteiger partial charge in [0.1, 0.15) is 18.5 Å². The smallest absolute Gasteiger partial charge is 0.412 e. The third kappa shape index (κ3) is 9.14. The van der Waals surface area contributed by atoms with Gasteiger partial charge in [0.15, 0.2) is 6.19 Å². The van der Waals surface area contributed by atoms with E-state index < -0.39 is 12.1 Å². The summed E-state index contributed by atoms with van der Waals surface area (Å²) in [5.74, 6) is -0.0967. The van der Waals surface area contributed by atoms with Gasteiger partial charge in [0.05, 0.1) is 12.7 Å². The number of aliphatic imine (C=N–C) groups is 1. The van der Waals surface area contributed by atoms with E-state index in [1.807, 2.05) is 52.8 Å². The van der Waals surface area contributed by atoms with Gasteiger partial charge in [0.2, 0.25) is 0 Å². The highest BCUT2D eigenvalue weighted by Crippen LogP contribution is 2.28.